The van der Waals surface area contributed by atoms with Crippen LogP contribution >= 0.6 is 0 Å². The molecule has 0 bridgehead atoms. The highest BCUT2D eigenvalue weighted by Crippen LogP contribution is 2.26. The molecule has 0 amide bonds. The molecule has 6 nitrogen and oxygen atoms in total. The molecule has 0 aromatic carbocycles. The van der Waals surface area contributed by atoms with Gasteiger partial charge in [-0.15, -0.1) is 0 Å². The topological polar surface area (TPSA) is 70.6 Å². The van der Waals surface area contributed by atoms with Crippen LogP contribution in [0.3, 0.4) is 0 Å². The van der Waals surface area contributed by atoms with Gasteiger partial charge in [-0.05, 0) is 19.1 Å². The average molecular weight is 254 g/mol. The van der Waals surface area contributed by atoms with Crippen molar-refractivity contribution in [2.45, 2.75) is 13.0 Å². The van der Waals surface area contributed by atoms with Crippen LogP contribution in [0.15, 0.2) is 37.1 Å². The van der Waals surface area contributed by atoms with Crippen molar-refractivity contribution in [1.29, 1.82) is 0 Å². The lowest BCUT2D eigenvalue weighted by atomic mass is 10.2. The van der Waals surface area contributed by atoms with Gasteiger partial charge in [0.1, 0.15) is 11.8 Å². The first-order valence-electron chi connectivity index (χ1n) is 6.05. The second kappa shape index (κ2) is 4.64. The summed E-state index contributed by atoms with van der Waals surface area (Å²) in [6, 6.07) is 6.02. The molecular weight excluding hydrogens is 240 g/mol. The van der Waals surface area contributed by atoms with Crippen LogP contribution in [-0.2, 0) is 0 Å². The van der Waals surface area contributed by atoms with Crippen LogP contribution in [0, 0.1) is 0 Å². The van der Waals surface area contributed by atoms with Crippen molar-refractivity contribution in [3.63, 3.8) is 0 Å². The molecule has 3 heterocycles. The first kappa shape index (κ1) is 11.6. The van der Waals surface area contributed by atoms with Crippen LogP contribution in [0.1, 0.15) is 18.7 Å². The Balaban J connectivity index is 2.00. The number of nitrogens with zero attached hydrogens (tertiary/aromatic N) is 5. The minimum absolute atomic E-state index is 0.114. The lowest BCUT2D eigenvalue weighted by Gasteiger charge is -2.25. The molecule has 0 radical (unpaired) electrons. The SMILES string of the molecule is C[C@@H](c1ccccn1)N(C)c1ncnc2nc[nH]c12. The molecule has 1 atom stereocenters. The van der Waals surface area contributed by atoms with Gasteiger partial charge in [0, 0.05) is 13.2 Å². The molecule has 0 aliphatic carbocycles. The molecular formula is C13H14N6. The van der Waals surface area contributed by atoms with E-state index < -0.39 is 0 Å². The highest BCUT2D eigenvalue weighted by Gasteiger charge is 2.17. The number of nitrogens with one attached hydrogen (secondary N) is 1. The fourth-order valence-corrected chi connectivity index (χ4v) is 2.02. The van der Waals surface area contributed by atoms with E-state index in [0.29, 0.717) is 5.65 Å². The lowest BCUT2D eigenvalue weighted by Crippen LogP contribution is -2.23. The Morgan fingerprint density at radius 2 is 2.05 bits per heavy atom. The van der Waals surface area contributed by atoms with Gasteiger partial charge in [0.2, 0.25) is 0 Å². The molecule has 0 saturated heterocycles. The number of hydrogen-bond acceptors (Lipinski definition) is 5. The van der Waals surface area contributed by atoms with E-state index in [-0.39, 0.29) is 6.04 Å². The number of anilines is 1. The standard InChI is InChI=1S/C13H14N6/c1-9(10-5-3-4-6-14-10)19(2)13-11-12(16-7-15-11)17-8-18-13/h3-9H,1-2H3,(H,15,16,17,18)/t9-/m0/s1. The van der Waals surface area contributed by atoms with Gasteiger partial charge in [-0.3, -0.25) is 4.98 Å². The number of H-pyrrole nitrogens is 1. The summed E-state index contributed by atoms with van der Waals surface area (Å²) in [7, 11) is 1.99. The van der Waals surface area contributed by atoms with Gasteiger partial charge < -0.3 is 9.88 Å². The van der Waals surface area contributed by atoms with Gasteiger partial charge >= 0.3 is 0 Å². The Bertz CT molecular complexity index is 678. The van der Waals surface area contributed by atoms with Gasteiger partial charge in [0.05, 0.1) is 18.1 Å². The quantitative estimate of drug-likeness (QED) is 0.773. The summed E-state index contributed by atoms with van der Waals surface area (Å²) in [5.74, 6) is 0.820. The lowest BCUT2D eigenvalue weighted by molar-refractivity contribution is 0.706. The van der Waals surface area contributed by atoms with Crippen LogP contribution in [0.4, 0.5) is 5.82 Å². The second-order valence-electron chi connectivity index (χ2n) is 4.34. The monoisotopic (exact) mass is 254 g/mol. The zero-order chi connectivity index (χ0) is 13.2. The third-order valence-electron chi connectivity index (χ3n) is 3.23. The molecule has 0 aliphatic heterocycles. The maximum atomic E-state index is 4.38. The largest absolute Gasteiger partial charge is 0.349 e. The van der Waals surface area contributed by atoms with E-state index >= 15 is 0 Å². The van der Waals surface area contributed by atoms with E-state index in [2.05, 4.69) is 36.7 Å². The zero-order valence-electron chi connectivity index (χ0n) is 10.8. The van der Waals surface area contributed by atoms with Crippen LogP contribution in [0.2, 0.25) is 0 Å². The minimum atomic E-state index is 0.114. The van der Waals surface area contributed by atoms with Gasteiger partial charge in [0.25, 0.3) is 0 Å². The van der Waals surface area contributed by atoms with E-state index in [1.54, 1.807) is 12.5 Å². The Morgan fingerprint density at radius 1 is 1.16 bits per heavy atom. The number of imidazole rings is 1. The van der Waals surface area contributed by atoms with Crippen molar-refractivity contribution >= 4 is 17.0 Å². The van der Waals surface area contributed by atoms with Gasteiger partial charge in [0.15, 0.2) is 11.5 Å². The summed E-state index contributed by atoms with van der Waals surface area (Å²) in [6.45, 7) is 2.09. The highest BCUT2D eigenvalue weighted by atomic mass is 15.2. The number of aromatic nitrogens is 5. The number of rotatable bonds is 3. The fourth-order valence-electron chi connectivity index (χ4n) is 2.02. The molecule has 0 saturated carbocycles. The molecule has 6 heteroatoms. The molecule has 19 heavy (non-hydrogen) atoms. The molecule has 3 aromatic heterocycles. The Morgan fingerprint density at radius 3 is 2.84 bits per heavy atom. The van der Waals surface area contributed by atoms with Gasteiger partial charge in [-0.1, -0.05) is 6.07 Å². The Hall–Kier alpha value is -2.50. The van der Waals surface area contributed by atoms with Crippen molar-refractivity contribution < 1.29 is 0 Å². The zero-order valence-corrected chi connectivity index (χ0v) is 10.8. The molecule has 1 N–H and O–H groups in total. The predicted octanol–water partition coefficient (Wildman–Crippen LogP) is 1.95. The Kier molecular flexibility index (Phi) is 2.83. The predicted molar refractivity (Wildman–Crippen MR) is 72.7 cm³/mol. The average Bonchev–Trinajstić information content (AvgIpc) is 2.95. The second-order valence-corrected chi connectivity index (χ2v) is 4.34. The highest BCUT2D eigenvalue weighted by molar-refractivity contribution is 5.82. The summed E-state index contributed by atoms with van der Waals surface area (Å²) < 4.78 is 0. The molecule has 0 fully saturated rings. The number of hydrogen-bond donors (Lipinski definition) is 1. The van der Waals surface area contributed by atoms with Crippen molar-refractivity contribution in [3.05, 3.63) is 42.7 Å². The van der Waals surface area contributed by atoms with Crippen molar-refractivity contribution in [2.75, 3.05) is 11.9 Å². The summed E-state index contributed by atoms with van der Waals surface area (Å²) in [4.78, 5) is 22.1. The smallest absolute Gasteiger partial charge is 0.182 e. The van der Waals surface area contributed by atoms with Crippen LogP contribution < -0.4 is 4.90 Å². The van der Waals surface area contributed by atoms with Crippen LogP contribution in [0.5, 0.6) is 0 Å². The first-order valence-corrected chi connectivity index (χ1v) is 6.05. The van der Waals surface area contributed by atoms with E-state index in [1.165, 1.54) is 6.33 Å². The number of pyridine rings is 1. The van der Waals surface area contributed by atoms with E-state index in [9.17, 15) is 0 Å². The van der Waals surface area contributed by atoms with Gasteiger partial charge in [-0.2, -0.15) is 0 Å². The summed E-state index contributed by atoms with van der Waals surface area (Å²) >= 11 is 0. The first-order chi connectivity index (χ1) is 9.27. The summed E-state index contributed by atoms with van der Waals surface area (Å²) in [5, 5.41) is 0. The van der Waals surface area contributed by atoms with E-state index in [4.69, 9.17) is 0 Å². The van der Waals surface area contributed by atoms with E-state index in [1.807, 2.05) is 25.2 Å². The van der Waals surface area contributed by atoms with Gasteiger partial charge in [-0.25, -0.2) is 15.0 Å². The van der Waals surface area contributed by atoms with Crippen LogP contribution in [-0.4, -0.2) is 32.0 Å². The molecule has 0 aliphatic rings. The minimum Gasteiger partial charge on any atom is -0.349 e. The maximum absolute atomic E-state index is 4.38. The summed E-state index contributed by atoms with van der Waals surface area (Å²) in [6.07, 6.45) is 4.95. The fraction of sp³-hybridized carbons (Fsp3) is 0.231. The molecule has 96 valence electrons. The number of aromatic amines is 1. The van der Waals surface area contributed by atoms with Crippen molar-refractivity contribution in [1.82, 2.24) is 24.9 Å². The van der Waals surface area contributed by atoms with E-state index in [0.717, 1.165) is 17.0 Å². The molecule has 3 aromatic rings. The Labute approximate surface area is 110 Å². The number of fused-ring (bicyclic) bond motifs is 1. The van der Waals surface area contributed by atoms with Crippen molar-refractivity contribution in [2.24, 2.45) is 0 Å². The molecule has 0 unspecified atom stereocenters. The third-order valence-corrected chi connectivity index (χ3v) is 3.23. The maximum Gasteiger partial charge on any atom is 0.182 e. The van der Waals surface area contributed by atoms with Crippen LogP contribution in [0.25, 0.3) is 11.2 Å². The normalized spacial score (nSPS) is 12.5. The third kappa shape index (κ3) is 2.01. The molecule has 3 rings (SSSR count). The molecule has 0 spiro atoms. The summed E-state index contributed by atoms with van der Waals surface area (Å²) in [5.41, 5.74) is 2.51. The van der Waals surface area contributed by atoms with Crippen molar-refractivity contribution in [3.8, 4) is 0 Å².